The third kappa shape index (κ3) is 5.44. The Hall–Kier alpha value is -2.75. The van der Waals surface area contributed by atoms with Crippen LogP contribution in [-0.2, 0) is 9.59 Å². The molecule has 3 amide bonds. The molecule has 0 bridgehead atoms. The van der Waals surface area contributed by atoms with E-state index in [1.54, 1.807) is 36.4 Å². The molecule has 10 heteroatoms. The van der Waals surface area contributed by atoms with Crippen LogP contribution in [0.5, 0.6) is 0 Å². The number of thiocarbonyl (C=S) groups is 1. The Kier molecular flexibility index (Phi) is 7.20. The summed E-state index contributed by atoms with van der Waals surface area (Å²) in [6.45, 7) is 0.0259. The number of halogens is 2. The van der Waals surface area contributed by atoms with E-state index in [2.05, 4.69) is 10.9 Å². The number of benzene rings is 2. The van der Waals surface area contributed by atoms with Crippen molar-refractivity contribution in [3.63, 3.8) is 0 Å². The molecule has 6 nitrogen and oxygen atoms in total. The van der Waals surface area contributed by atoms with Gasteiger partial charge in [0.15, 0.2) is 0 Å². The SMILES string of the molecule is O=C(CCN1C(=O)/C(=C/c2ccccc2F)SC1=S)NNC(=O)c1cccc(Cl)c1. The molecule has 0 aliphatic carbocycles. The second-order valence-corrected chi connectivity index (χ2v) is 8.23. The van der Waals surface area contributed by atoms with Gasteiger partial charge in [0.25, 0.3) is 11.8 Å². The summed E-state index contributed by atoms with van der Waals surface area (Å²) in [4.78, 5) is 38.1. The molecule has 1 heterocycles. The highest BCUT2D eigenvalue weighted by molar-refractivity contribution is 8.26. The minimum atomic E-state index is -0.524. The van der Waals surface area contributed by atoms with Gasteiger partial charge >= 0.3 is 0 Å². The van der Waals surface area contributed by atoms with Crippen molar-refractivity contribution in [2.75, 3.05) is 6.54 Å². The van der Waals surface area contributed by atoms with Crippen LogP contribution < -0.4 is 10.9 Å². The molecular weight excluding hydrogens is 449 g/mol. The Morgan fingerprint density at radius 1 is 1.17 bits per heavy atom. The molecular formula is C20H15ClFN3O3S2. The minimum Gasteiger partial charge on any atom is -0.292 e. The van der Waals surface area contributed by atoms with Crippen molar-refractivity contribution in [3.8, 4) is 0 Å². The molecule has 30 heavy (non-hydrogen) atoms. The highest BCUT2D eigenvalue weighted by atomic mass is 35.5. The van der Waals surface area contributed by atoms with E-state index in [9.17, 15) is 18.8 Å². The second-order valence-electron chi connectivity index (χ2n) is 6.12. The second kappa shape index (κ2) is 9.84. The summed E-state index contributed by atoms with van der Waals surface area (Å²) in [5, 5.41) is 0.395. The zero-order valence-corrected chi connectivity index (χ0v) is 17.7. The predicted molar refractivity (Wildman–Crippen MR) is 118 cm³/mol. The Bertz CT molecular complexity index is 1060. The van der Waals surface area contributed by atoms with E-state index in [4.69, 9.17) is 23.8 Å². The molecule has 0 radical (unpaired) electrons. The quantitative estimate of drug-likeness (QED) is 0.403. The van der Waals surface area contributed by atoms with E-state index in [1.807, 2.05) is 0 Å². The third-order valence-corrected chi connectivity index (χ3v) is 5.64. The Labute approximate surface area is 186 Å². The van der Waals surface area contributed by atoms with Crippen LogP contribution >= 0.6 is 35.6 Å². The van der Waals surface area contributed by atoms with Crippen LogP contribution in [0.25, 0.3) is 6.08 Å². The monoisotopic (exact) mass is 463 g/mol. The summed E-state index contributed by atoms with van der Waals surface area (Å²) >= 11 is 12.1. The lowest BCUT2D eigenvalue weighted by Crippen LogP contribution is -2.43. The maximum atomic E-state index is 13.8. The lowest BCUT2D eigenvalue weighted by atomic mass is 10.2. The average molecular weight is 464 g/mol. The van der Waals surface area contributed by atoms with Crippen molar-refractivity contribution >= 4 is 63.7 Å². The molecule has 1 aliphatic heterocycles. The number of thioether (sulfide) groups is 1. The first-order chi connectivity index (χ1) is 14.3. The van der Waals surface area contributed by atoms with Crippen LogP contribution in [0, 0.1) is 5.82 Å². The first-order valence-corrected chi connectivity index (χ1v) is 10.3. The van der Waals surface area contributed by atoms with Crippen LogP contribution in [0.4, 0.5) is 4.39 Å². The summed E-state index contributed by atoms with van der Waals surface area (Å²) < 4.78 is 14.1. The molecule has 1 fully saturated rings. The zero-order valence-electron chi connectivity index (χ0n) is 15.4. The van der Waals surface area contributed by atoms with Gasteiger partial charge in [-0.2, -0.15) is 0 Å². The molecule has 1 saturated heterocycles. The van der Waals surface area contributed by atoms with Gasteiger partial charge in [-0.1, -0.05) is 59.8 Å². The largest absolute Gasteiger partial charge is 0.292 e. The molecule has 1 aliphatic rings. The number of rotatable bonds is 5. The van der Waals surface area contributed by atoms with Gasteiger partial charge in [0.05, 0.1) is 4.91 Å². The van der Waals surface area contributed by atoms with Crippen molar-refractivity contribution in [1.29, 1.82) is 0 Å². The number of carbonyl (C=O) groups excluding carboxylic acids is 3. The van der Waals surface area contributed by atoms with Gasteiger partial charge in [-0.3, -0.25) is 30.1 Å². The van der Waals surface area contributed by atoms with Crippen molar-refractivity contribution < 1.29 is 18.8 Å². The molecule has 154 valence electrons. The molecule has 0 spiro atoms. The number of nitrogens with zero attached hydrogens (tertiary/aromatic N) is 1. The van der Waals surface area contributed by atoms with Crippen molar-refractivity contribution in [2.24, 2.45) is 0 Å². The molecule has 2 N–H and O–H groups in total. The van der Waals surface area contributed by atoms with Gasteiger partial charge in [-0.25, -0.2) is 4.39 Å². The topological polar surface area (TPSA) is 78.5 Å². The molecule has 0 aromatic heterocycles. The number of hydrazine groups is 1. The molecule has 3 rings (SSSR count). The summed E-state index contributed by atoms with van der Waals surface area (Å²) in [6, 6.07) is 12.3. The smallest absolute Gasteiger partial charge is 0.269 e. The van der Waals surface area contributed by atoms with E-state index in [-0.39, 0.29) is 33.3 Å². The van der Waals surface area contributed by atoms with E-state index >= 15 is 0 Å². The number of amides is 3. The standard InChI is InChI=1S/C20H15ClFN3O3S2/c21-14-6-3-5-13(10-14)18(27)24-23-17(26)8-9-25-19(28)16(30-20(25)29)11-12-4-1-2-7-15(12)22/h1-7,10-11H,8-9H2,(H,23,26)(H,24,27)/b16-11-. The highest BCUT2D eigenvalue weighted by Gasteiger charge is 2.32. The number of nitrogens with one attached hydrogen (secondary N) is 2. The fourth-order valence-electron chi connectivity index (χ4n) is 2.53. The van der Waals surface area contributed by atoms with Gasteiger partial charge in [0, 0.05) is 29.1 Å². The molecule has 2 aromatic rings. The lowest BCUT2D eigenvalue weighted by Gasteiger charge is -2.14. The fourth-order valence-corrected chi connectivity index (χ4v) is 4.02. The molecule has 0 saturated carbocycles. The summed E-state index contributed by atoms with van der Waals surface area (Å²) in [5.74, 6) is -1.87. The summed E-state index contributed by atoms with van der Waals surface area (Å²) in [6.07, 6.45) is 1.34. The van der Waals surface area contributed by atoms with E-state index in [1.165, 1.54) is 23.1 Å². The number of hydrogen-bond acceptors (Lipinski definition) is 5. The minimum absolute atomic E-state index is 0.0259. The highest BCUT2D eigenvalue weighted by Crippen LogP contribution is 2.32. The predicted octanol–water partition coefficient (Wildman–Crippen LogP) is 3.53. The Balaban J connectivity index is 1.53. The first kappa shape index (κ1) is 21.9. The normalized spacial score (nSPS) is 14.9. The van der Waals surface area contributed by atoms with Gasteiger partial charge < -0.3 is 0 Å². The maximum absolute atomic E-state index is 13.8. The Morgan fingerprint density at radius 2 is 1.93 bits per heavy atom. The molecule has 0 unspecified atom stereocenters. The van der Waals surface area contributed by atoms with Crippen LogP contribution in [0.3, 0.4) is 0 Å². The van der Waals surface area contributed by atoms with E-state index in [0.717, 1.165) is 11.8 Å². The van der Waals surface area contributed by atoms with E-state index in [0.29, 0.717) is 5.02 Å². The van der Waals surface area contributed by atoms with Gasteiger partial charge in [-0.05, 0) is 30.3 Å². The molecule has 2 aromatic carbocycles. The summed E-state index contributed by atoms with van der Waals surface area (Å²) in [7, 11) is 0. The third-order valence-electron chi connectivity index (χ3n) is 4.03. The zero-order chi connectivity index (χ0) is 21.7. The van der Waals surface area contributed by atoms with Crippen LogP contribution in [0.2, 0.25) is 5.02 Å². The van der Waals surface area contributed by atoms with Gasteiger partial charge in [-0.15, -0.1) is 0 Å². The Morgan fingerprint density at radius 3 is 2.67 bits per heavy atom. The van der Waals surface area contributed by atoms with Crippen molar-refractivity contribution in [3.05, 3.63) is 75.4 Å². The summed E-state index contributed by atoms with van der Waals surface area (Å²) in [5.41, 5.74) is 5.13. The average Bonchev–Trinajstić information content (AvgIpc) is 2.99. The van der Waals surface area contributed by atoms with Crippen molar-refractivity contribution in [1.82, 2.24) is 15.8 Å². The number of carbonyl (C=O) groups is 3. The fraction of sp³-hybridized carbons (Fsp3) is 0.100. The van der Waals surface area contributed by atoms with Gasteiger partial charge in [0.1, 0.15) is 10.1 Å². The lowest BCUT2D eigenvalue weighted by molar-refractivity contribution is -0.124. The van der Waals surface area contributed by atoms with Gasteiger partial charge in [0.2, 0.25) is 5.91 Å². The molecule has 0 atom stereocenters. The van der Waals surface area contributed by atoms with Crippen LogP contribution in [0.1, 0.15) is 22.3 Å². The maximum Gasteiger partial charge on any atom is 0.269 e. The first-order valence-electron chi connectivity index (χ1n) is 8.70. The van der Waals surface area contributed by atoms with E-state index < -0.39 is 23.5 Å². The van der Waals surface area contributed by atoms with Crippen LogP contribution in [-0.4, -0.2) is 33.5 Å². The van der Waals surface area contributed by atoms with Crippen LogP contribution in [0.15, 0.2) is 53.4 Å². The number of hydrogen-bond donors (Lipinski definition) is 2. The van der Waals surface area contributed by atoms with Crippen molar-refractivity contribution in [2.45, 2.75) is 6.42 Å².